The summed E-state index contributed by atoms with van der Waals surface area (Å²) in [7, 11) is 0. The van der Waals surface area contributed by atoms with Crippen LogP contribution in [0.2, 0.25) is 0 Å². The molecule has 0 aliphatic heterocycles. The van der Waals surface area contributed by atoms with Crippen LogP contribution in [0.1, 0.15) is 31.2 Å². The van der Waals surface area contributed by atoms with Crippen molar-refractivity contribution >= 4 is 37.2 Å². The highest BCUT2D eigenvalue weighted by atomic mass is 35.5. The molecule has 0 atom stereocenters. The fraction of sp³-hybridized carbons (Fsp3) is 0.571. The van der Waals surface area contributed by atoms with Crippen molar-refractivity contribution in [3.05, 3.63) is 35.9 Å². The van der Waals surface area contributed by atoms with Gasteiger partial charge in [-0.05, 0) is 44.3 Å². The van der Waals surface area contributed by atoms with Crippen molar-refractivity contribution < 1.29 is 0 Å². The second-order valence-electron chi connectivity index (χ2n) is 4.43. The van der Waals surface area contributed by atoms with Crippen molar-refractivity contribution in [2.24, 2.45) is 11.5 Å². The molecule has 0 aliphatic rings. The second-order valence-corrected chi connectivity index (χ2v) is 4.43. The summed E-state index contributed by atoms with van der Waals surface area (Å²) in [6.45, 7) is 2.47. The molecule has 0 aromatic heterocycles. The van der Waals surface area contributed by atoms with Crippen LogP contribution in [0.15, 0.2) is 30.3 Å². The Hall–Kier alpha value is -0.0300. The zero-order valence-electron chi connectivity index (χ0n) is 11.8. The Kier molecular flexibility index (Phi) is 21.2. The van der Waals surface area contributed by atoms with Crippen molar-refractivity contribution in [2.45, 2.75) is 38.3 Å². The van der Waals surface area contributed by atoms with Gasteiger partial charge >= 0.3 is 0 Å². The van der Waals surface area contributed by atoms with Gasteiger partial charge < -0.3 is 16.8 Å². The first-order chi connectivity index (χ1) is 8.36. The lowest BCUT2D eigenvalue weighted by molar-refractivity contribution is 0.434. The Bertz CT molecular complexity index is 278. The molecule has 0 saturated heterocycles. The molecule has 1 rings (SSSR count). The fourth-order valence-electron chi connectivity index (χ4n) is 1.94. The van der Waals surface area contributed by atoms with E-state index in [1.54, 1.807) is 0 Å². The molecule has 5 N–H and O–H groups in total. The lowest BCUT2D eigenvalue weighted by Crippen LogP contribution is -2.29. The number of nitrogens with one attached hydrogen (secondary N) is 1. The third-order valence-electron chi connectivity index (χ3n) is 2.95. The first-order valence-corrected chi connectivity index (χ1v) is 6.54. The lowest BCUT2D eigenvalue weighted by atomic mass is 10.1. The van der Waals surface area contributed by atoms with E-state index in [0.29, 0.717) is 6.04 Å². The quantitative estimate of drug-likeness (QED) is 0.645. The van der Waals surface area contributed by atoms with E-state index in [9.17, 15) is 0 Å². The third-order valence-corrected chi connectivity index (χ3v) is 2.95. The molecule has 1 aromatic rings. The molecule has 0 spiro atoms. The maximum Gasteiger partial charge on any atom is 0.0208 e. The van der Waals surface area contributed by atoms with Gasteiger partial charge in [0.05, 0.1) is 0 Å². The van der Waals surface area contributed by atoms with Gasteiger partial charge in [0, 0.05) is 12.6 Å². The van der Waals surface area contributed by atoms with Crippen molar-refractivity contribution in [1.29, 1.82) is 0 Å². The van der Waals surface area contributed by atoms with Crippen molar-refractivity contribution in [3.63, 3.8) is 0 Å². The number of hydrogen-bond donors (Lipinski definition) is 3. The van der Waals surface area contributed by atoms with E-state index in [1.165, 1.54) is 5.56 Å². The van der Waals surface area contributed by atoms with E-state index < -0.39 is 0 Å². The maximum absolute atomic E-state index is 5.56. The van der Waals surface area contributed by atoms with E-state index >= 15 is 0 Å². The first-order valence-electron chi connectivity index (χ1n) is 6.54. The fourth-order valence-corrected chi connectivity index (χ4v) is 1.94. The Morgan fingerprint density at radius 2 is 1.35 bits per heavy atom. The molecule has 0 radical (unpaired) electrons. The number of rotatable bonds is 9. The summed E-state index contributed by atoms with van der Waals surface area (Å²) >= 11 is 0. The monoisotopic (exact) mass is 343 g/mol. The molecule has 120 valence electrons. The zero-order valence-corrected chi connectivity index (χ0v) is 14.2. The molecule has 0 amide bonds. The summed E-state index contributed by atoms with van der Waals surface area (Å²) in [4.78, 5) is 0. The zero-order chi connectivity index (χ0) is 12.3. The van der Waals surface area contributed by atoms with Gasteiger partial charge in [-0.1, -0.05) is 30.3 Å². The van der Waals surface area contributed by atoms with Crippen LogP contribution in [0.4, 0.5) is 0 Å². The molecular weight excluding hydrogens is 317 g/mol. The van der Waals surface area contributed by atoms with Crippen LogP contribution in [0.3, 0.4) is 0 Å². The molecule has 0 unspecified atom stereocenters. The van der Waals surface area contributed by atoms with Gasteiger partial charge in [-0.2, -0.15) is 0 Å². The van der Waals surface area contributed by atoms with Gasteiger partial charge in [0.15, 0.2) is 0 Å². The van der Waals surface area contributed by atoms with Crippen LogP contribution in [0.25, 0.3) is 0 Å². The standard InChI is InChI=1S/C14H25N3.3ClH/c15-10-4-8-14(9-5-11-16)17-12-13-6-2-1-3-7-13;;;/h1-3,6-7,14,17H,4-5,8-12,15-16H2;3*1H. The summed E-state index contributed by atoms with van der Waals surface area (Å²) in [5, 5.41) is 3.59. The van der Waals surface area contributed by atoms with Crippen LogP contribution >= 0.6 is 37.2 Å². The van der Waals surface area contributed by atoms with Gasteiger partial charge in [0.25, 0.3) is 0 Å². The molecule has 20 heavy (non-hydrogen) atoms. The van der Waals surface area contributed by atoms with E-state index in [1.807, 2.05) is 6.07 Å². The SMILES string of the molecule is Cl.Cl.Cl.NCCCC(CCCN)NCc1ccccc1. The Labute approximate surface area is 141 Å². The molecular formula is C14H28Cl3N3. The Morgan fingerprint density at radius 1 is 0.850 bits per heavy atom. The molecule has 6 heteroatoms. The molecule has 3 nitrogen and oxygen atoms in total. The second kappa shape index (κ2) is 17.0. The normalized spacial score (nSPS) is 9.35. The third kappa shape index (κ3) is 11.8. The van der Waals surface area contributed by atoms with Gasteiger partial charge in [-0.15, -0.1) is 37.2 Å². The predicted octanol–water partition coefficient (Wildman–Crippen LogP) is 2.89. The van der Waals surface area contributed by atoms with E-state index in [-0.39, 0.29) is 37.2 Å². The Balaban J connectivity index is -0.000000963. The van der Waals surface area contributed by atoms with Gasteiger partial charge in [0.2, 0.25) is 0 Å². The number of hydrogen-bond acceptors (Lipinski definition) is 3. The van der Waals surface area contributed by atoms with Crippen molar-refractivity contribution in [1.82, 2.24) is 5.32 Å². The molecule has 0 fully saturated rings. The summed E-state index contributed by atoms with van der Waals surface area (Å²) in [5.41, 5.74) is 12.5. The summed E-state index contributed by atoms with van der Waals surface area (Å²) in [5.74, 6) is 0. The summed E-state index contributed by atoms with van der Waals surface area (Å²) in [6.07, 6.45) is 4.45. The first kappa shape index (κ1) is 25.0. The van der Waals surface area contributed by atoms with Crippen molar-refractivity contribution in [3.8, 4) is 0 Å². The van der Waals surface area contributed by atoms with Crippen LogP contribution < -0.4 is 16.8 Å². The van der Waals surface area contributed by atoms with Crippen molar-refractivity contribution in [2.75, 3.05) is 13.1 Å². The van der Waals surface area contributed by atoms with E-state index in [2.05, 4.69) is 29.6 Å². The van der Waals surface area contributed by atoms with Gasteiger partial charge in [-0.25, -0.2) is 0 Å². The van der Waals surface area contributed by atoms with Crippen LogP contribution in [0, 0.1) is 0 Å². The van der Waals surface area contributed by atoms with Gasteiger partial charge in [-0.3, -0.25) is 0 Å². The number of benzene rings is 1. The highest BCUT2D eigenvalue weighted by molar-refractivity contribution is 5.86. The predicted molar refractivity (Wildman–Crippen MR) is 95.4 cm³/mol. The summed E-state index contributed by atoms with van der Waals surface area (Å²) in [6, 6.07) is 11.0. The molecule has 0 heterocycles. The minimum Gasteiger partial charge on any atom is -0.330 e. The number of nitrogens with two attached hydrogens (primary N) is 2. The average molecular weight is 345 g/mol. The van der Waals surface area contributed by atoms with Crippen LogP contribution in [0.5, 0.6) is 0 Å². The lowest BCUT2D eigenvalue weighted by Gasteiger charge is -2.18. The Morgan fingerprint density at radius 3 is 1.80 bits per heavy atom. The topological polar surface area (TPSA) is 64.1 Å². The molecule has 0 aliphatic carbocycles. The van der Waals surface area contributed by atoms with Crippen LogP contribution in [-0.2, 0) is 6.54 Å². The number of halogens is 3. The minimum absolute atomic E-state index is 0. The maximum atomic E-state index is 5.56. The minimum atomic E-state index is 0. The van der Waals surface area contributed by atoms with Gasteiger partial charge in [0.1, 0.15) is 0 Å². The van der Waals surface area contributed by atoms with Crippen LogP contribution in [-0.4, -0.2) is 19.1 Å². The van der Waals surface area contributed by atoms with E-state index in [0.717, 1.165) is 45.3 Å². The smallest absolute Gasteiger partial charge is 0.0208 e. The van der Waals surface area contributed by atoms with E-state index in [4.69, 9.17) is 11.5 Å². The molecule has 0 bridgehead atoms. The summed E-state index contributed by atoms with van der Waals surface area (Å²) < 4.78 is 0. The molecule has 1 aromatic carbocycles. The highest BCUT2D eigenvalue weighted by Gasteiger charge is 2.06. The highest BCUT2D eigenvalue weighted by Crippen LogP contribution is 2.06. The largest absolute Gasteiger partial charge is 0.330 e. The average Bonchev–Trinajstić information content (AvgIpc) is 2.39. The molecule has 0 saturated carbocycles.